The topological polar surface area (TPSA) is 49.3 Å². The monoisotopic (exact) mass is 269 g/mol. The maximum Gasteiger partial charge on any atom is 0.224 e. The van der Waals surface area contributed by atoms with Crippen molar-refractivity contribution >= 4 is 17.5 Å². The van der Waals surface area contributed by atoms with Crippen LogP contribution in [0.3, 0.4) is 0 Å². The summed E-state index contributed by atoms with van der Waals surface area (Å²) in [5.41, 5.74) is 0.818. The van der Waals surface area contributed by atoms with Gasteiger partial charge in [-0.2, -0.15) is 0 Å². The maximum absolute atomic E-state index is 11.8. The molecule has 100 valence electrons. The first-order valence-electron chi connectivity index (χ1n) is 6.05. The van der Waals surface area contributed by atoms with Gasteiger partial charge < -0.3 is 10.4 Å². The van der Waals surface area contributed by atoms with Crippen LogP contribution in [0, 0.1) is 5.41 Å². The largest absolute Gasteiger partial charge is 0.396 e. The predicted octanol–water partition coefficient (Wildman–Crippen LogP) is 2.41. The maximum atomic E-state index is 11.8. The van der Waals surface area contributed by atoms with Crippen LogP contribution in [-0.2, 0) is 11.2 Å². The molecule has 18 heavy (non-hydrogen) atoms. The minimum atomic E-state index is -0.0846. The van der Waals surface area contributed by atoms with E-state index in [0.717, 1.165) is 5.56 Å². The van der Waals surface area contributed by atoms with Crippen molar-refractivity contribution in [3.8, 4) is 0 Å². The second kappa shape index (κ2) is 6.76. The molecule has 0 heterocycles. The SMILES string of the molecule is CC(C)(CCO)CNC(=O)Cc1cccc(Cl)c1. The molecular weight excluding hydrogens is 250 g/mol. The van der Waals surface area contributed by atoms with Crippen molar-refractivity contribution in [2.24, 2.45) is 5.41 Å². The molecule has 0 aliphatic heterocycles. The number of halogens is 1. The molecule has 0 spiro atoms. The van der Waals surface area contributed by atoms with Gasteiger partial charge in [-0.15, -0.1) is 0 Å². The molecule has 1 aromatic carbocycles. The fraction of sp³-hybridized carbons (Fsp3) is 0.500. The van der Waals surface area contributed by atoms with Gasteiger partial charge in [0.1, 0.15) is 0 Å². The molecule has 0 aliphatic rings. The van der Waals surface area contributed by atoms with E-state index in [0.29, 0.717) is 24.4 Å². The molecule has 0 fully saturated rings. The standard InChI is InChI=1S/C14H20ClNO2/c1-14(2,6-7-17)10-16-13(18)9-11-4-3-5-12(15)8-11/h3-5,8,17H,6-7,9-10H2,1-2H3,(H,16,18). The minimum Gasteiger partial charge on any atom is -0.396 e. The van der Waals surface area contributed by atoms with Gasteiger partial charge in [-0.3, -0.25) is 4.79 Å². The third kappa shape index (κ3) is 5.52. The molecule has 0 bridgehead atoms. The van der Waals surface area contributed by atoms with Gasteiger partial charge in [-0.1, -0.05) is 37.6 Å². The number of carbonyl (C=O) groups is 1. The lowest BCUT2D eigenvalue weighted by molar-refractivity contribution is -0.120. The van der Waals surface area contributed by atoms with Crippen LogP contribution in [0.2, 0.25) is 5.02 Å². The Kier molecular flexibility index (Phi) is 5.63. The Morgan fingerprint density at radius 2 is 2.17 bits per heavy atom. The Labute approximate surface area is 113 Å². The Morgan fingerprint density at radius 3 is 2.78 bits per heavy atom. The third-order valence-corrected chi connectivity index (χ3v) is 3.04. The molecule has 0 unspecified atom stereocenters. The Balaban J connectivity index is 2.43. The van der Waals surface area contributed by atoms with Gasteiger partial charge in [0, 0.05) is 18.2 Å². The first-order chi connectivity index (χ1) is 8.43. The highest BCUT2D eigenvalue weighted by molar-refractivity contribution is 6.30. The summed E-state index contributed by atoms with van der Waals surface area (Å²) in [6.45, 7) is 4.73. The summed E-state index contributed by atoms with van der Waals surface area (Å²) in [6, 6.07) is 7.29. The smallest absolute Gasteiger partial charge is 0.224 e. The molecule has 0 radical (unpaired) electrons. The number of nitrogens with one attached hydrogen (secondary N) is 1. The number of amides is 1. The second-order valence-corrected chi connectivity index (χ2v) is 5.66. The third-order valence-electron chi connectivity index (χ3n) is 2.81. The van der Waals surface area contributed by atoms with Gasteiger partial charge in [-0.05, 0) is 29.5 Å². The van der Waals surface area contributed by atoms with Gasteiger partial charge in [0.15, 0.2) is 0 Å². The van der Waals surface area contributed by atoms with Crippen LogP contribution >= 0.6 is 11.6 Å². The molecule has 1 amide bonds. The van der Waals surface area contributed by atoms with Crippen LogP contribution in [0.25, 0.3) is 0 Å². The second-order valence-electron chi connectivity index (χ2n) is 5.22. The highest BCUT2D eigenvalue weighted by atomic mass is 35.5. The van der Waals surface area contributed by atoms with Crippen molar-refractivity contribution in [1.29, 1.82) is 0 Å². The van der Waals surface area contributed by atoms with Crippen LogP contribution in [0.1, 0.15) is 25.8 Å². The summed E-state index contributed by atoms with van der Waals surface area (Å²) in [5.74, 6) is -0.0247. The summed E-state index contributed by atoms with van der Waals surface area (Å²) in [6.07, 6.45) is 1.00. The molecule has 1 aromatic rings. The lowest BCUT2D eigenvalue weighted by Crippen LogP contribution is -2.35. The van der Waals surface area contributed by atoms with E-state index in [1.54, 1.807) is 12.1 Å². The van der Waals surface area contributed by atoms with Gasteiger partial charge >= 0.3 is 0 Å². The quantitative estimate of drug-likeness (QED) is 0.833. The number of aliphatic hydroxyl groups is 1. The fourth-order valence-electron chi connectivity index (χ4n) is 1.62. The van der Waals surface area contributed by atoms with E-state index in [1.807, 2.05) is 26.0 Å². The van der Waals surface area contributed by atoms with Gasteiger partial charge in [0.05, 0.1) is 6.42 Å². The van der Waals surface area contributed by atoms with E-state index in [2.05, 4.69) is 5.32 Å². The number of hydrogen-bond donors (Lipinski definition) is 2. The molecule has 1 rings (SSSR count). The number of benzene rings is 1. The van der Waals surface area contributed by atoms with E-state index in [-0.39, 0.29) is 17.9 Å². The lowest BCUT2D eigenvalue weighted by atomic mass is 9.89. The van der Waals surface area contributed by atoms with Crippen molar-refractivity contribution in [3.05, 3.63) is 34.9 Å². The van der Waals surface area contributed by atoms with Crippen LogP contribution in [0.4, 0.5) is 0 Å². The van der Waals surface area contributed by atoms with E-state index < -0.39 is 0 Å². The molecule has 4 heteroatoms. The fourth-order valence-corrected chi connectivity index (χ4v) is 1.84. The predicted molar refractivity (Wildman–Crippen MR) is 73.6 cm³/mol. The van der Waals surface area contributed by atoms with E-state index in [4.69, 9.17) is 16.7 Å². The molecular formula is C14H20ClNO2. The highest BCUT2D eigenvalue weighted by Gasteiger charge is 2.18. The van der Waals surface area contributed by atoms with Gasteiger partial charge in [0.2, 0.25) is 5.91 Å². The summed E-state index contributed by atoms with van der Waals surface area (Å²) >= 11 is 5.86. The minimum absolute atomic E-state index is 0.0247. The zero-order valence-electron chi connectivity index (χ0n) is 10.9. The number of hydrogen-bond acceptors (Lipinski definition) is 2. The van der Waals surface area contributed by atoms with Crippen LogP contribution in [0.5, 0.6) is 0 Å². The van der Waals surface area contributed by atoms with Crippen LogP contribution in [0.15, 0.2) is 24.3 Å². The average molecular weight is 270 g/mol. The molecule has 0 atom stereocenters. The van der Waals surface area contributed by atoms with Crippen molar-refractivity contribution < 1.29 is 9.90 Å². The van der Waals surface area contributed by atoms with Crippen molar-refractivity contribution in [2.45, 2.75) is 26.7 Å². The summed E-state index contributed by atoms with van der Waals surface area (Å²) in [7, 11) is 0. The normalized spacial score (nSPS) is 11.3. The summed E-state index contributed by atoms with van der Waals surface area (Å²) in [4.78, 5) is 11.8. The zero-order chi connectivity index (χ0) is 13.6. The molecule has 0 aromatic heterocycles. The first-order valence-corrected chi connectivity index (χ1v) is 6.43. The van der Waals surface area contributed by atoms with Crippen LogP contribution in [-0.4, -0.2) is 24.2 Å². The van der Waals surface area contributed by atoms with Gasteiger partial charge in [-0.25, -0.2) is 0 Å². The zero-order valence-corrected chi connectivity index (χ0v) is 11.6. The van der Waals surface area contributed by atoms with E-state index in [9.17, 15) is 4.79 Å². The van der Waals surface area contributed by atoms with Crippen molar-refractivity contribution in [1.82, 2.24) is 5.32 Å². The van der Waals surface area contributed by atoms with E-state index in [1.165, 1.54) is 0 Å². The van der Waals surface area contributed by atoms with Crippen molar-refractivity contribution in [3.63, 3.8) is 0 Å². The lowest BCUT2D eigenvalue weighted by Gasteiger charge is -2.23. The molecule has 2 N–H and O–H groups in total. The molecule has 0 aliphatic carbocycles. The Morgan fingerprint density at radius 1 is 1.44 bits per heavy atom. The number of aliphatic hydroxyl groups excluding tert-OH is 1. The van der Waals surface area contributed by atoms with Gasteiger partial charge in [0.25, 0.3) is 0 Å². The van der Waals surface area contributed by atoms with E-state index >= 15 is 0 Å². The van der Waals surface area contributed by atoms with Crippen molar-refractivity contribution in [2.75, 3.05) is 13.2 Å². The average Bonchev–Trinajstić information content (AvgIpc) is 2.26. The molecule has 0 saturated heterocycles. The number of carbonyl (C=O) groups excluding carboxylic acids is 1. The highest BCUT2D eigenvalue weighted by Crippen LogP contribution is 2.18. The summed E-state index contributed by atoms with van der Waals surface area (Å²) in [5, 5.41) is 12.4. The Bertz CT molecular complexity index is 405. The number of rotatable bonds is 6. The van der Waals surface area contributed by atoms with Crippen LogP contribution < -0.4 is 5.32 Å². The Hall–Kier alpha value is -1.06. The first kappa shape index (κ1) is 15.0. The molecule has 3 nitrogen and oxygen atoms in total. The summed E-state index contributed by atoms with van der Waals surface area (Å²) < 4.78 is 0. The molecule has 0 saturated carbocycles.